The van der Waals surface area contributed by atoms with Crippen LogP contribution in [0.15, 0.2) is 30.3 Å². The first kappa shape index (κ1) is 14.7. The molecule has 0 saturated carbocycles. The normalized spacial score (nSPS) is 12.2. The van der Waals surface area contributed by atoms with Gasteiger partial charge in [-0.05, 0) is 31.7 Å². The molecule has 0 aliphatic carbocycles. The van der Waals surface area contributed by atoms with Crippen molar-refractivity contribution in [2.75, 3.05) is 20.2 Å². The molecule has 3 heteroatoms. The van der Waals surface area contributed by atoms with Crippen LogP contribution in [-0.4, -0.2) is 36.1 Å². The van der Waals surface area contributed by atoms with E-state index in [0.29, 0.717) is 0 Å². The second-order valence-electron chi connectivity index (χ2n) is 4.68. The average molecular weight is 249 g/mol. The fraction of sp³-hybridized carbons (Fsp3) is 0.533. The molecule has 1 atom stereocenters. The van der Waals surface area contributed by atoms with Gasteiger partial charge in [0.15, 0.2) is 0 Å². The van der Waals surface area contributed by atoms with Gasteiger partial charge in [0.2, 0.25) is 5.91 Å². The Labute approximate surface area is 109 Å². The molecule has 1 N–H and O–H groups in total. The number of nitrogens with zero attached hydrogens (tertiary/aromatic N) is 1. The zero-order chi connectivity index (χ0) is 13.4. The van der Waals surface area contributed by atoms with Crippen molar-refractivity contribution in [3.05, 3.63) is 35.9 Å². The number of carbonyl (C=O) groups excluding carboxylic acids is 1. The highest BCUT2D eigenvalue weighted by molar-refractivity contribution is 5.83. The van der Waals surface area contributed by atoms with Crippen LogP contribution >= 0.6 is 0 Å². The van der Waals surface area contributed by atoms with E-state index in [9.17, 15) is 4.79 Å². The molecular weight excluding hydrogens is 226 g/mol. The third kappa shape index (κ3) is 4.49. The molecule has 18 heavy (non-hydrogen) atoms. The first-order chi connectivity index (χ1) is 8.66. The third-order valence-electron chi connectivity index (χ3n) is 3.20. The molecule has 1 amide bonds. The molecule has 0 aromatic heterocycles. The Morgan fingerprint density at radius 3 is 2.50 bits per heavy atom. The molecule has 0 aliphatic heterocycles. The van der Waals surface area contributed by atoms with Crippen LogP contribution in [0.5, 0.6) is 0 Å². The Kier molecular flexibility index (Phi) is 6.44. The van der Waals surface area contributed by atoms with Gasteiger partial charge in [0.05, 0.1) is 5.92 Å². The van der Waals surface area contributed by atoms with Gasteiger partial charge in [0.1, 0.15) is 0 Å². The summed E-state index contributed by atoms with van der Waals surface area (Å²) in [6, 6.07) is 9.85. The Balaban J connectivity index is 2.43. The second-order valence-corrected chi connectivity index (χ2v) is 4.68. The summed E-state index contributed by atoms with van der Waals surface area (Å²) in [4.78, 5) is 14.0. The van der Waals surface area contributed by atoms with E-state index in [-0.39, 0.29) is 18.4 Å². The minimum atomic E-state index is -0.0889. The largest absolute Gasteiger partial charge is 0.396 e. The lowest BCUT2D eigenvalue weighted by atomic mass is 10.00. The van der Waals surface area contributed by atoms with E-state index >= 15 is 0 Å². The maximum absolute atomic E-state index is 12.2. The Hall–Kier alpha value is -1.35. The quantitative estimate of drug-likeness (QED) is 0.754. The van der Waals surface area contributed by atoms with Gasteiger partial charge in [-0.1, -0.05) is 30.3 Å². The molecule has 0 fully saturated rings. The van der Waals surface area contributed by atoms with Crippen LogP contribution in [-0.2, 0) is 4.79 Å². The van der Waals surface area contributed by atoms with Crippen LogP contribution in [0, 0.1) is 0 Å². The van der Waals surface area contributed by atoms with E-state index in [0.717, 1.165) is 31.4 Å². The van der Waals surface area contributed by atoms with Gasteiger partial charge in [0, 0.05) is 20.2 Å². The summed E-state index contributed by atoms with van der Waals surface area (Å²) >= 11 is 0. The van der Waals surface area contributed by atoms with Crippen molar-refractivity contribution < 1.29 is 9.90 Å². The van der Waals surface area contributed by atoms with Gasteiger partial charge in [-0.25, -0.2) is 0 Å². The lowest BCUT2D eigenvalue weighted by Crippen LogP contribution is -2.31. The van der Waals surface area contributed by atoms with Crippen LogP contribution in [0.1, 0.15) is 37.7 Å². The van der Waals surface area contributed by atoms with Crippen molar-refractivity contribution in [3.8, 4) is 0 Å². The molecule has 1 unspecified atom stereocenters. The van der Waals surface area contributed by atoms with Crippen molar-refractivity contribution in [1.29, 1.82) is 0 Å². The first-order valence-corrected chi connectivity index (χ1v) is 6.57. The second kappa shape index (κ2) is 7.88. The maximum atomic E-state index is 12.2. The third-order valence-corrected chi connectivity index (χ3v) is 3.20. The predicted molar refractivity (Wildman–Crippen MR) is 73.4 cm³/mol. The maximum Gasteiger partial charge on any atom is 0.229 e. The van der Waals surface area contributed by atoms with Crippen LogP contribution < -0.4 is 0 Å². The van der Waals surface area contributed by atoms with Crippen molar-refractivity contribution >= 4 is 5.91 Å². The SMILES string of the molecule is CC(C(=O)N(C)CCCCCO)c1ccccc1. The van der Waals surface area contributed by atoms with Crippen molar-refractivity contribution in [2.24, 2.45) is 0 Å². The van der Waals surface area contributed by atoms with Crippen molar-refractivity contribution in [1.82, 2.24) is 4.90 Å². The van der Waals surface area contributed by atoms with Gasteiger partial charge in [-0.2, -0.15) is 0 Å². The van der Waals surface area contributed by atoms with E-state index in [1.807, 2.05) is 44.3 Å². The standard InChI is InChI=1S/C15H23NO2/c1-13(14-9-5-3-6-10-14)15(18)16(2)11-7-4-8-12-17/h3,5-6,9-10,13,17H,4,7-8,11-12H2,1-2H3. The number of aliphatic hydroxyl groups excluding tert-OH is 1. The fourth-order valence-corrected chi connectivity index (χ4v) is 1.96. The number of hydrogen-bond donors (Lipinski definition) is 1. The van der Waals surface area contributed by atoms with Gasteiger partial charge < -0.3 is 10.0 Å². The summed E-state index contributed by atoms with van der Waals surface area (Å²) in [6.07, 6.45) is 2.73. The summed E-state index contributed by atoms with van der Waals surface area (Å²) in [7, 11) is 1.85. The number of hydrogen-bond acceptors (Lipinski definition) is 2. The van der Waals surface area contributed by atoms with Crippen molar-refractivity contribution in [2.45, 2.75) is 32.1 Å². The molecule has 1 aromatic carbocycles. The number of amides is 1. The Morgan fingerprint density at radius 2 is 1.89 bits per heavy atom. The molecule has 0 heterocycles. The summed E-state index contributed by atoms with van der Waals surface area (Å²) in [5.74, 6) is 0.0687. The number of likely N-dealkylation sites (N-methyl/N-ethyl adjacent to an activating group) is 1. The van der Waals surface area contributed by atoms with Crippen LogP contribution in [0.25, 0.3) is 0 Å². The molecule has 0 aliphatic rings. The van der Waals surface area contributed by atoms with E-state index in [1.54, 1.807) is 4.90 Å². The highest BCUT2D eigenvalue weighted by atomic mass is 16.2. The monoisotopic (exact) mass is 249 g/mol. The molecule has 1 rings (SSSR count). The minimum absolute atomic E-state index is 0.0889. The molecule has 1 aromatic rings. The summed E-state index contributed by atoms with van der Waals surface area (Å²) in [5, 5.41) is 8.70. The Bertz CT molecular complexity index is 351. The number of unbranched alkanes of at least 4 members (excludes halogenated alkanes) is 2. The molecule has 3 nitrogen and oxygen atoms in total. The molecular formula is C15H23NO2. The molecule has 0 bridgehead atoms. The number of carbonyl (C=O) groups is 1. The van der Waals surface area contributed by atoms with Crippen LogP contribution in [0.4, 0.5) is 0 Å². The summed E-state index contributed by atoms with van der Waals surface area (Å²) in [5.41, 5.74) is 1.06. The van der Waals surface area contributed by atoms with E-state index in [1.165, 1.54) is 0 Å². The zero-order valence-electron chi connectivity index (χ0n) is 11.3. The fourth-order valence-electron chi connectivity index (χ4n) is 1.96. The smallest absolute Gasteiger partial charge is 0.229 e. The van der Waals surface area contributed by atoms with Gasteiger partial charge in [-0.15, -0.1) is 0 Å². The topological polar surface area (TPSA) is 40.5 Å². The lowest BCUT2D eigenvalue weighted by molar-refractivity contribution is -0.131. The predicted octanol–water partition coefficient (Wildman–Crippen LogP) is 2.41. The van der Waals surface area contributed by atoms with E-state index < -0.39 is 0 Å². The van der Waals surface area contributed by atoms with Crippen LogP contribution in [0.3, 0.4) is 0 Å². The van der Waals surface area contributed by atoms with Crippen molar-refractivity contribution in [3.63, 3.8) is 0 Å². The minimum Gasteiger partial charge on any atom is -0.396 e. The van der Waals surface area contributed by atoms with E-state index in [2.05, 4.69) is 0 Å². The van der Waals surface area contributed by atoms with Gasteiger partial charge in [0.25, 0.3) is 0 Å². The van der Waals surface area contributed by atoms with E-state index in [4.69, 9.17) is 5.11 Å². The molecule has 0 saturated heterocycles. The number of rotatable bonds is 7. The van der Waals surface area contributed by atoms with Gasteiger partial charge in [-0.3, -0.25) is 4.79 Å². The highest BCUT2D eigenvalue weighted by Gasteiger charge is 2.18. The first-order valence-electron chi connectivity index (χ1n) is 6.57. The van der Waals surface area contributed by atoms with Crippen LogP contribution in [0.2, 0.25) is 0 Å². The number of aliphatic hydroxyl groups is 1. The molecule has 0 radical (unpaired) electrons. The molecule has 0 spiro atoms. The lowest BCUT2D eigenvalue weighted by Gasteiger charge is -2.21. The highest BCUT2D eigenvalue weighted by Crippen LogP contribution is 2.17. The zero-order valence-corrected chi connectivity index (χ0v) is 11.3. The molecule has 100 valence electrons. The number of benzene rings is 1. The average Bonchev–Trinajstić information content (AvgIpc) is 2.42. The summed E-state index contributed by atoms with van der Waals surface area (Å²) < 4.78 is 0. The summed E-state index contributed by atoms with van der Waals surface area (Å²) in [6.45, 7) is 2.94. The van der Waals surface area contributed by atoms with Gasteiger partial charge >= 0.3 is 0 Å². The Morgan fingerprint density at radius 1 is 1.22 bits per heavy atom.